The van der Waals surface area contributed by atoms with Crippen molar-refractivity contribution in [3.8, 4) is 5.75 Å². The Balaban J connectivity index is 1.90. The zero-order valence-corrected chi connectivity index (χ0v) is 21.4. The number of methoxy groups -OCH3 is 1. The van der Waals surface area contributed by atoms with Crippen molar-refractivity contribution >= 4 is 21.6 Å². The van der Waals surface area contributed by atoms with Gasteiger partial charge in [0.15, 0.2) is 0 Å². The van der Waals surface area contributed by atoms with Crippen LogP contribution in [0.1, 0.15) is 49.4 Å². The summed E-state index contributed by atoms with van der Waals surface area (Å²) in [7, 11) is -2.44. The number of amides is 1. The number of benzene rings is 3. The maximum Gasteiger partial charge on any atom is 0.264 e. The molecule has 0 aliphatic carbocycles. The van der Waals surface area contributed by atoms with Crippen molar-refractivity contribution in [1.82, 2.24) is 5.32 Å². The van der Waals surface area contributed by atoms with Gasteiger partial charge in [-0.2, -0.15) is 0 Å². The molecule has 6 nitrogen and oxygen atoms in total. The first-order chi connectivity index (χ1) is 16.5. The van der Waals surface area contributed by atoms with Gasteiger partial charge in [0.2, 0.25) is 5.91 Å². The zero-order chi connectivity index (χ0) is 25.8. The summed E-state index contributed by atoms with van der Waals surface area (Å²) in [5.74, 6) is 0.0240. The molecule has 3 aromatic rings. The number of halogens is 1. The molecule has 3 rings (SSSR count). The van der Waals surface area contributed by atoms with E-state index in [1.807, 2.05) is 26.0 Å². The van der Waals surface area contributed by atoms with Crippen LogP contribution in [0.25, 0.3) is 0 Å². The normalized spacial score (nSPS) is 12.3. The van der Waals surface area contributed by atoms with Crippen LogP contribution >= 0.6 is 0 Å². The lowest BCUT2D eigenvalue weighted by Gasteiger charge is -2.26. The van der Waals surface area contributed by atoms with E-state index in [1.54, 1.807) is 25.3 Å². The number of sulfonamides is 1. The Morgan fingerprint density at radius 3 is 2.20 bits per heavy atom. The topological polar surface area (TPSA) is 75.7 Å². The molecule has 0 saturated heterocycles. The molecule has 0 aliphatic rings. The number of rotatable bonds is 9. The molecule has 3 aromatic carbocycles. The summed E-state index contributed by atoms with van der Waals surface area (Å²) in [6, 6.07) is 16.4. The Labute approximate surface area is 206 Å². The third kappa shape index (κ3) is 6.00. The number of carbonyl (C=O) groups excluding carboxylic acids is 1. The molecule has 0 heterocycles. The van der Waals surface area contributed by atoms with Gasteiger partial charge >= 0.3 is 0 Å². The van der Waals surface area contributed by atoms with Gasteiger partial charge in [-0.05, 0) is 85.0 Å². The first-order valence-electron chi connectivity index (χ1n) is 11.4. The van der Waals surface area contributed by atoms with Crippen molar-refractivity contribution in [3.63, 3.8) is 0 Å². The summed E-state index contributed by atoms with van der Waals surface area (Å²) >= 11 is 0. The molecule has 0 radical (unpaired) electrons. The Kier molecular flexibility index (Phi) is 8.17. The van der Waals surface area contributed by atoms with Gasteiger partial charge in [0.25, 0.3) is 10.0 Å². The molecular formula is C27H31FN2O4S. The van der Waals surface area contributed by atoms with Crippen molar-refractivity contribution in [1.29, 1.82) is 0 Å². The lowest BCUT2D eigenvalue weighted by Crippen LogP contribution is -2.41. The van der Waals surface area contributed by atoms with Crippen molar-refractivity contribution < 1.29 is 22.3 Å². The second kappa shape index (κ2) is 10.9. The maximum absolute atomic E-state index is 13.5. The second-order valence-electron chi connectivity index (χ2n) is 8.70. The number of nitrogens with zero attached hydrogens (tertiary/aromatic N) is 1. The average molecular weight is 499 g/mol. The SMILES string of the molecule is COc1cc(C)c([C@H](C)NC(=O)CN(c2ccc(F)cc2)S(=O)(=O)c2ccccc2)cc1C(C)C. The number of hydrogen-bond acceptors (Lipinski definition) is 4. The quantitative estimate of drug-likeness (QED) is 0.432. The predicted octanol–water partition coefficient (Wildman–Crippen LogP) is 5.34. The standard InChI is InChI=1S/C27H31FN2O4S/c1-18(2)24-16-25(19(3)15-26(24)34-5)20(4)29-27(31)17-30(22-13-11-21(28)12-14-22)35(32,33)23-9-7-6-8-10-23/h6-16,18,20H,17H2,1-5H3,(H,29,31)/t20-/m0/s1. The van der Waals surface area contributed by atoms with Gasteiger partial charge in [-0.3, -0.25) is 9.10 Å². The van der Waals surface area contributed by atoms with Crippen LogP contribution in [0.4, 0.5) is 10.1 Å². The van der Waals surface area contributed by atoms with Crippen molar-refractivity contribution in [3.05, 3.63) is 89.2 Å². The zero-order valence-electron chi connectivity index (χ0n) is 20.6. The van der Waals surface area contributed by atoms with Crippen molar-refractivity contribution in [2.45, 2.75) is 44.6 Å². The van der Waals surface area contributed by atoms with E-state index in [2.05, 4.69) is 19.2 Å². The highest BCUT2D eigenvalue weighted by Gasteiger charge is 2.28. The van der Waals surface area contributed by atoms with Crippen LogP contribution < -0.4 is 14.4 Å². The van der Waals surface area contributed by atoms with E-state index in [0.717, 1.165) is 38.9 Å². The molecule has 0 aliphatic heterocycles. The van der Waals surface area contributed by atoms with Crippen LogP contribution in [0.5, 0.6) is 5.75 Å². The number of nitrogens with one attached hydrogen (secondary N) is 1. The minimum Gasteiger partial charge on any atom is -0.496 e. The van der Waals surface area contributed by atoms with Crippen LogP contribution in [-0.4, -0.2) is 28.0 Å². The minimum atomic E-state index is -4.06. The molecule has 1 amide bonds. The van der Waals surface area contributed by atoms with Crippen LogP contribution in [0, 0.1) is 12.7 Å². The summed E-state index contributed by atoms with van der Waals surface area (Å²) in [4.78, 5) is 13.1. The molecule has 35 heavy (non-hydrogen) atoms. The van der Waals surface area contributed by atoms with Gasteiger partial charge in [0.05, 0.1) is 23.7 Å². The summed E-state index contributed by atoms with van der Waals surface area (Å²) in [5, 5.41) is 2.92. The first-order valence-corrected chi connectivity index (χ1v) is 12.8. The average Bonchev–Trinajstić information content (AvgIpc) is 2.83. The number of anilines is 1. The fourth-order valence-electron chi connectivity index (χ4n) is 3.95. The predicted molar refractivity (Wildman–Crippen MR) is 136 cm³/mol. The number of ether oxygens (including phenoxy) is 1. The molecule has 0 unspecified atom stereocenters. The number of hydrogen-bond donors (Lipinski definition) is 1. The fourth-order valence-corrected chi connectivity index (χ4v) is 5.39. The highest BCUT2D eigenvalue weighted by molar-refractivity contribution is 7.92. The minimum absolute atomic E-state index is 0.0396. The largest absolute Gasteiger partial charge is 0.496 e. The fraction of sp³-hybridized carbons (Fsp3) is 0.296. The number of aryl methyl sites for hydroxylation is 1. The Bertz CT molecular complexity index is 1280. The Morgan fingerprint density at radius 1 is 1.00 bits per heavy atom. The smallest absolute Gasteiger partial charge is 0.264 e. The first kappa shape index (κ1) is 26.2. The summed E-state index contributed by atoms with van der Waals surface area (Å²) in [6.07, 6.45) is 0. The monoisotopic (exact) mass is 498 g/mol. The molecule has 0 aromatic heterocycles. The molecule has 1 atom stereocenters. The molecule has 0 fully saturated rings. The van der Waals surface area contributed by atoms with E-state index in [-0.39, 0.29) is 22.5 Å². The van der Waals surface area contributed by atoms with E-state index < -0.39 is 28.3 Å². The number of carbonyl (C=O) groups is 1. The highest BCUT2D eigenvalue weighted by atomic mass is 32.2. The third-order valence-corrected chi connectivity index (χ3v) is 7.61. The molecule has 0 saturated carbocycles. The van der Waals surface area contributed by atoms with Crippen LogP contribution in [-0.2, 0) is 14.8 Å². The summed E-state index contributed by atoms with van der Waals surface area (Å²) < 4.78 is 46.8. The molecule has 1 N–H and O–H groups in total. The molecule has 0 spiro atoms. The van der Waals surface area contributed by atoms with E-state index >= 15 is 0 Å². The third-order valence-electron chi connectivity index (χ3n) is 5.82. The van der Waals surface area contributed by atoms with E-state index in [4.69, 9.17) is 4.74 Å². The highest BCUT2D eigenvalue weighted by Crippen LogP contribution is 2.32. The van der Waals surface area contributed by atoms with Gasteiger partial charge < -0.3 is 10.1 Å². The van der Waals surface area contributed by atoms with E-state index in [0.29, 0.717) is 0 Å². The van der Waals surface area contributed by atoms with Gasteiger partial charge in [0, 0.05) is 0 Å². The van der Waals surface area contributed by atoms with Crippen molar-refractivity contribution in [2.24, 2.45) is 0 Å². The van der Waals surface area contributed by atoms with Crippen LogP contribution in [0.2, 0.25) is 0 Å². The lowest BCUT2D eigenvalue weighted by molar-refractivity contribution is -0.120. The Hall–Kier alpha value is -3.39. The molecular weight excluding hydrogens is 467 g/mol. The maximum atomic E-state index is 13.5. The van der Waals surface area contributed by atoms with Crippen LogP contribution in [0.15, 0.2) is 71.6 Å². The molecule has 186 valence electrons. The summed E-state index contributed by atoms with van der Waals surface area (Å²) in [6.45, 7) is 7.46. The van der Waals surface area contributed by atoms with Gasteiger partial charge in [-0.25, -0.2) is 12.8 Å². The van der Waals surface area contributed by atoms with Crippen LogP contribution in [0.3, 0.4) is 0 Å². The summed E-state index contributed by atoms with van der Waals surface area (Å²) in [5.41, 5.74) is 3.09. The van der Waals surface area contributed by atoms with Gasteiger partial charge in [-0.1, -0.05) is 32.0 Å². The van der Waals surface area contributed by atoms with Crippen molar-refractivity contribution in [2.75, 3.05) is 18.0 Å². The van der Waals surface area contributed by atoms with Gasteiger partial charge in [-0.15, -0.1) is 0 Å². The molecule has 8 heteroatoms. The van der Waals surface area contributed by atoms with Gasteiger partial charge in [0.1, 0.15) is 18.1 Å². The second-order valence-corrected chi connectivity index (χ2v) is 10.6. The van der Waals surface area contributed by atoms with E-state index in [1.165, 1.54) is 24.3 Å². The lowest BCUT2D eigenvalue weighted by atomic mass is 9.93. The Morgan fingerprint density at radius 2 is 1.63 bits per heavy atom. The molecule has 0 bridgehead atoms. The van der Waals surface area contributed by atoms with E-state index in [9.17, 15) is 17.6 Å².